The van der Waals surface area contributed by atoms with Gasteiger partial charge in [0, 0.05) is 32.3 Å². The maximum Gasteiger partial charge on any atom is 0.148 e. The van der Waals surface area contributed by atoms with E-state index in [2.05, 4.69) is 26.2 Å². The molecule has 0 bridgehead atoms. The van der Waals surface area contributed by atoms with Gasteiger partial charge < -0.3 is 9.64 Å². The van der Waals surface area contributed by atoms with Crippen LogP contribution in [0, 0.1) is 11.3 Å². The number of nitriles is 1. The largest absolute Gasteiger partial charge is 0.376 e. The predicted octanol–water partition coefficient (Wildman–Crippen LogP) is 1.73. The number of nitrogens with one attached hydrogen (secondary N) is 1. The van der Waals surface area contributed by atoms with E-state index < -0.39 is 0 Å². The maximum absolute atomic E-state index is 9.05. The van der Waals surface area contributed by atoms with Gasteiger partial charge in [-0.25, -0.2) is 9.97 Å². The van der Waals surface area contributed by atoms with Crippen molar-refractivity contribution in [2.24, 2.45) is 0 Å². The van der Waals surface area contributed by atoms with Crippen molar-refractivity contribution in [1.82, 2.24) is 20.2 Å². The van der Waals surface area contributed by atoms with Gasteiger partial charge >= 0.3 is 0 Å². The molecule has 7 nitrogen and oxygen atoms in total. The van der Waals surface area contributed by atoms with Crippen molar-refractivity contribution >= 4 is 17.4 Å². The normalized spacial score (nSPS) is 20.8. The molecule has 2 aromatic heterocycles. The quantitative estimate of drug-likeness (QED) is 0.923. The molecule has 0 radical (unpaired) electrons. The van der Waals surface area contributed by atoms with E-state index in [1.54, 1.807) is 12.3 Å². The van der Waals surface area contributed by atoms with Crippen molar-refractivity contribution in [2.75, 3.05) is 25.1 Å². The summed E-state index contributed by atoms with van der Waals surface area (Å²) >= 11 is 6.23. The van der Waals surface area contributed by atoms with Crippen LogP contribution in [0.2, 0.25) is 5.02 Å². The highest BCUT2D eigenvalue weighted by Gasteiger charge is 2.33. The number of hydrogen-bond acceptors (Lipinski definition) is 6. The van der Waals surface area contributed by atoms with Gasteiger partial charge in [0.2, 0.25) is 0 Å². The van der Waals surface area contributed by atoms with Gasteiger partial charge in [0.25, 0.3) is 0 Å². The molecule has 2 atom stereocenters. The van der Waals surface area contributed by atoms with Crippen LogP contribution in [-0.2, 0) is 4.74 Å². The number of hydrogen-bond donors (Lipinski definition) is 1. The Hall–Kier alpha value is -2.17. The molecule has 2 aromatic rings. The van der Waals surface area contributed by atoms with E-state index in [0.29, 0.717) is 29.6 Å². The molecule has 3 rings (SSSR count). The number of nitrogens with zero attached hydrogens (tertiary/aromatic N) is 5. The molecule has 0 spiro atoms. The highest BCUT2D eigenvalue weighted by atomic mass is 35.5. The first-order chi connectivity index (χ1) is 10.7. The van der Waals surface area contributed by atoms with Crippen LogP contribution < -0.4 is 4.90 Å². The molecule has 3 heterocycles. The third-order valence-electron chi connectivity index (χ3n) is 3.80. The second-order valence-corrected chi connectivity index (χ2v) is 5.54. The Morgan fingerprint density at radius 2 is 2.41 bits per heavy atom. The predicted molar refractivity (Wildman–Crippen MR) is 80.7 cm³/mol. The van der Waals surface area contributed by atoms with Crippen LogP contribution in [0.25, 0.3) is 0 Å². The number of H-pyrrole nitrogens is 1. The first-order valence-electron chi connectivity index (χ1n) is 6.93. The third kappa shape index (κ3) is 2.75. The number of likely N-dealkylation sites (N-methyl/N-ethyl adjacent to an activating group) is 1. The van der Waals surface area contributed by atoms with Crippen molar-refractivity contribution in [3.63, 3.8) is 0 Å². The lowest BCUT2D eigenvalue weighted by atomic mass is 10.0. The van der Waals surface area contributed by atoms with Crippen LogP contribution in [0.4, 0.5) is 5.82 Å². The summed E-state index contributed by atoms with van der Waals surface area (Å²) in [5.41, 5.74) is 0.414. The van der Waals surface area contributed by atoms with Gasteiger partial charge in [0.1, 0.15) is 29.1 Å². The summed E-state index contributed by atoms with van der Waals surface area (Å²) in [6, 6.07) is 3.66. The van der Waals surface area contributed by atoms with Crippen LogP contribution in [0.5, 0.6) is 0 Å². The number of aromatic nitrogens is 4. The molecule has 0 unspecified atom stereocenters. The lowest BCUT2D eigenvalue weighted by Crippen LogP contribution is -2.33. The summed E-state index contributed by atoms with van der Waals surface area (Å²) in [5.74, 6) is 1.58. The number of halogens is 1. The monoisotopic (exact) mass is 318 g/mol. The molecular formula is C14H15ClN6O. The van der Waals surface area contributed by atoms with Gasteiger partial charge in [-0.15, -0.1) is 0 Å². The minimum Gasteiger partial charge on any atom is -0.376 e. The fraction of sp³-hybridized carbons (Fsp3) is 0.429. The van der Waals surface area contributed by atoms with Gasteiger partial charge in [0.05, 0.1) is 11.7 Å². The van der Waals surface area contributed by atoms with Gasteiger partial charge in [-0.1, -0.05) is 11.6 Å². The topological polar surface area (TPSA) is 90.7 Å². The molecular weight excluding hydrogens is 304 g/mol. The second-order valence-electron chi connectivity index (χ2n) is 5.16. The molecule has 1 fully saturated rings. The zero-order valence-electron chi connectivity index (χ0n) is 12.0. The number of anilines is 1. The van der Waals surface area contributed by atoms with Crippen LogP contribution in [-0.4, -0.2) is 46.5 Å². The van der Waals surface area contributed by atoms with Crippen LogP contribution >= 0.6 is 11.6 Å². The molecule has 0 aromatic carbocycles. The van der Waals surface area contributed by atoms with E-state index in [4.69, 9.17) is 21.6 Å². The molecule has 1 saturated heterocycles. The first-order valence-corrected chi connectivity index (χ1v) is 7.31. The smallest absolute Gasteiger partial charge is 0.148 e. The Bertz CT molecular complexity index is 683. The second kappa shape index (κ2) is 6.30. The third-order valence-corrected chi connectivity index (χ3v) is 4.17. The van der Waals surface area contributed by atoms with E-state index in [-0.39, 0.29) is 12.0 Å². The van der Waals surface area contributed by atoms with E-state index in [9.17, 15) is 0 Å². The molecule has 22 heavy (non-hydrogen) atoms. The summed E-state index contributed by atoms with van der Waals surface area (Å²) < 4.78 is 5.81. The molecule has 0 aliphatic carbocycles. The van der Waals surface area contributed by atoms with Crippen molar-refractivity contribution in [2.45, 2.75) is 18.4 Å². The van der Waals surface area contributed by atoms with Crippen LogP contribution in [0.15, 0.2) is 18.6 Å². The average Bonchev–Trinajstić information content (AvgIpc) is 3.18. The molecule has 1 aliphatic heterocycles. The first kappa shape index (κ1) is 14.8. The van der Waals surface area contributed by atoms with Gasteiger partial charge in [-0.2, -0.15) is 10.4 Å². The van der Waals surface area contributed by atoms with Crippen molar-refractivity contribution in [3.05, 3.63) is 35.0 Å². The zero-order chi connectivity index (χ0) is 15.5. The minimum atomic E-state index is -0.0263. The molecule has 1 aliphatic rings. The van der Waals surface area contributed by atoms with E-state index in [1.807, 2.05) is 11.9 Å². The average molecular weight is 319 g/mol. The summed E-state index contributed by atoms with van der Waals surface area (Å²) in [4.78, 5) is 10.4. The minimum absolute atomic E-state index is 0.0263. The number of ether oxygens (including phenoxy) is 1. The number of pyridine rings is 1. The van der Waals surface area contributed by atoms with E-state index in [0.717, 1.165) is 12.2 Å². The zero-order valence-corrected chi connectivity index (χ0v) is 12.8. The van der Waals surface area contributed by atoms with Crippen LogP contribution in [0.1, 0.15) is 23.7 Å². The molecule has 8 heteroatoms. The lowest BCUT2D eigenvalue weighted by molar-refractivity contribution is 0.108. The Labute approximate surface area is 132 Å². The van der Waals surface area contributed by atoms with Gasteiger partial charge in [-0.3, -0.25) is 5.10 Å². The lowest BCUT2D eigenvalue weighted by Gasteiger charge is -2.25. The molecule has 0 saturated carbocycles. The summed E-state index contributed by atoms with van der Waals surface area (Å²) in [5, 5.41) is 16.2. The Balaban J connectivity index is 1.77. The highest BCUT2D eigenvalue weighted by Crippen LogP contribution is 2.31. The Morgan fingerprint density at radius 1 is 1.55 bits per heavy atom. The molecule has 1 N–H and O–H groups in total. The Morgan fingerprint density at radius 3 is 3.14 bits per heavy atom. The summed E-state index contributed by atoms with van der Waals surface area (Å²) in [6.45, 7) is 1.29. The standard InChI is InChI=1S/C14H15ClN6O/c1-21(14-12(15)9(6-16)2-4-17-14)7-11-10(3-5-22-11)13-18-8-19-20-13/h2,4,8,10-11H,3,5,7H2,1H3,(H,18,19,20)/t10-,11-/m1/s1. The fourth-order valence-corrected chi connectivity index (χ4v) is 2.97. The summed E-state index contributed by atoms with van der Waals surface area (Å²) in [6.07, 6.45) is 3.96. The van der Waals surface area contributed by atoms with Gasteiger partial charge in [-0.05, 0) is 12.5 Å². The van der Waals surface area contributed by atoms with Crippen molar-refractivity contribution in [1.29, 1.82) is 5.26 Å². The fourth-order valence-electron chi connectivity index (χ4n) is 2.68. The SMILES string of the molecule is CN(C[C@H]1OCC[C@H]1c1ncn[nH]1)c1nccc(C#N)c1Cl. The van der Waals surface area contributed by atoms with Gasteiger partial charge in [0.15, 0.2) is 0 Å². The molecule has 0 amide bonds. The maximum atomic E-state index is 9.05. The van der Waals surface area contributed by atoms with E-state index in [1.165, 1.54) is 6.33 Å². The Kier molecular flexibility index (Phi) is 4.22. The summed E-state index contributed by atoms with van der Waals surface area (Å²) in [7, 11) is 1.88. The highest BCUT2D eigenvalue weighted by molar-refractivity contribution is 6.34. The number of aromatic amines is 1. The van der Waals surface area contributed by atoms with Crippen molar-refractivity contribution < 1.29 is 4.74 Å². The molecule has 114 valence electrons. The van der Waals surface area contributed by atoms with Crippen LogP contribution in [0.3, 0.4) is 0 Å². The van der Waals surface area contributed by atoms with E-state index >= 15 is 0 Å². The number of rotatable bonds is 4. The van der Waals surface area contributed by atoms with Crippen molar-refractivity contribution in [3.8, 4) is 6.07 Å².